The van der Waals surface area contributed by atoms with Gasteiger partial charge in [-0.3, -0.25) is 4.79 Å². The summed E-state index contributed by atoms with van der Waals surface area (Å²) in [5.74, 6) is 0.646. The van der Waals surface area contributed by atoms with Crippen molar-refractivity contribution in [1.82, 2.24) is 4.98 Å². The molecule has 110 valence electrons. The van der Waals surface area contributed by atoms with E-state index in [9.17, 15) is 4.79 Å². The Hall–Kier alpha value is -2.66. The van der Waals surface area contributed by atoms with Crippen LogP contribution in [0.1, 0.15) is 15.2 Å². The average molecular weight is 309 g/mol. The molecule has 2 N–H and O–H groups in total. The minimum absolute atomic E-state index is 0.137. The molecule has 2 heterocycles. The van der Waals surface area contributed by atoms with Crippen LogP contribution in [0.3, 0.4) is 0 Å². The van der Waals surface area contributed by atoms with Crippen molar-refractivity contribution < 1.29 is 4.79 Å². The number of pyridine rings is 1. The second-order valence-electron chi connectivity index (χ2n) is 4.69. The van der Waals surface area contributed by atoms with E-state index < -0.39 is 0 Å². The fourth-order valence-electron chi connectivity index (χ4n) is 1.96. The lowest BCUT2D eigenvalue weighted by molar-refractivity contribution is 0.102. The van der Waals surface area contributed by atoms with Crippen molar-refractivity contribution in [3.63, 3.8) is 0 Å². The van der Waals surface area contributed by atoms with Gasteiger partial charge in [0.1, 0.15) is 5.82 Å². The summed E-state index contributed by atoms with van der Waals surface area (Å²) in [4.78, 5) is 17.6. The molecule has 0 radical (unpaired) electrons. The quantitative estimate of drug-likeness (QED) is 0.749. The highest BCUT2D eigenvalue weighted by molar-refractivity contribution is 7.09. The van der Waals surface area contributed by atoms with Crippen molar-refractivity contribution in [2.75, 3.05) is 10.6 Å². The summed E-state index contributed by atoms with van der Waals surface area (Å²) < 4.78 is 0. The Balaban J connectivity index is 1.58. The number of hydrogen-bond acceptors (Lipinski definition) is 4. The maximum absolute atomic E-state index is 12.0. The number of anilines is 2. The van der Waals surface area contributed by atoms with Crippen LogP contribution in [0.15, 0.2) is 66.2 Å². The molecule has 0 aliphatic carbocycles. The number of thiophene rings is 1. The van der Waals surface area contributed by atoms with Crippen LogP contribution in [0.2, 0.25) is 0 Å². The van der Waals surface area contributed by atoms with Crippen molar-refractivity contribution in [2.24, 2.45) is 0 Å². The van der Waals surface area contributed by atoms with Gasteiger partial charge in [-0.25, -0.2) is 4.98 Å². The number of benzene rings is 1. The molecule has 0 fully saturated rings. The van der Waals surface area contributed by atoms with Gasteiger partial charge in [-0.15, -0.1) is 11.3 Å². The Morgan fingerprint density at radius 3 is 2.59 bits per heavy atom. The zero-order valence-electron chi connectivity index (χ0n) is 11.8. The Bertz CT molecular complexity index is 724. The largest absolute Gasteiger partial charge is 0.365 e. The summed E-state index contributed by atoms with van der Waals surface area (Å²) in [6.07, 6.45) is 1.65. The minimum atomic E-state index is -0.137. The summed E-state index contributed by atoms with van der Waals surface area (Å²) in [7, 11) is 0. The molecule has 0 atom stereocenters. The lowest BCUT2D eigenvalue weighted by atomic mass is 10.2. The van der Waals surface area contributed by atoms with E-state index in [4.69, 9.17) is 0 Å². The summed E-state index contributed by atoms with van der Waals surface area (Å²) >= 11 is 1.70. The number of nitrogens with zero attached hydrogens (tertiary/aromatic N) is 1. The van der Waals surface area contributed by atoms with E-state index in [1.807, 2.05) is 41.8 Å². The fourth-order valence-corrected chi connectivity index (χ4v) is 2.60. The molecule has 22 heavy (non-hydrogen) atoms. The Morgan fingerprint density at radius 1 is 1.05 bits per heavy atom. The minimum Gasteiger partial charge on any atom is -0.365 e. The van der Waals surface area contributed by atoms with E-state index >= 15 is 0 Å². The molecule has 3 rings (SSSR count). The van der Waals surface area contributed by atoms with Crippen LogP contribution >= 0.6 is 11.3 Å². The van der Waals surface area contributed by atoms with Crippen molar-refractivity contribution >= 4 is 28.7 Å². The highest BCUT2D eigenvalue weighted by atomic mass is 32.1. The molecule has 0 aliphatic heterocycles. The van der Waals surface area contributed by atoms with E-state index in [1.165, 1.54) is 4.88 Å². The third-order valence-electron chi connectivity index (χ3n) is 3.08. The molecule has 2 aromatic heterocycles. The van der Waals surface area contributed by atoms with Gasteiger partial charge in [-0.1, -0.05) is 24.3 Å². The third kappa shape index (κ3) is 3.71. The number of nitrogens with one attached hydrogen (secondary N) is 2. The van der Waals surface area contributed by atoms with Crippen molar-refractivity contribution in [3.05, 3.63) is 76.6 Å². The monoisotopic (exact) mass is 309 g/mol. The predicted molar refractivity (Wildman–Crippen MR) is 90.3 cm³/mol. The molecule has 5 heteroatoms. The Morgan fingerprint density at radius 2 is 1.91 bits per heavy atom. The van der Waals surface area contributed by atoms with Gasteiger partial charge >= 0.3 is 0 Å². The lowest BCUT2D eigenvalue weighted by Gasteiger charge is -2.07. The van der Waals surface area contributed by atoms with E-state index in [1.54, 1.807) is 29.7 Å². The van der Waals surface area contributed by atoms with Crippen LogP contribution in [0.5, 0.6) is 0 Å². The molecule has 0 spiro atoms. The van der Waals surface area contributed by atoms with E-state index in [-0.39, 0.29) is 5.91 Å². The van der Waals surface area contributed by atoms with Gasteiger partial charge in [0.05, 0.1) is 18.4 Å². The van der Waals surface area contributed by atoms with Crippen molar-refractivity contribution in [3.8, 4) is 0 Å². The highest BCUT2D eigenvalue weighted by Crippen LogP contribution is 2.14. The molecular weight excluding hydrogens is 294 g/mol. The van der Waals surface area contributed by atoms with Gasteiger partial charge in [-0.05, 0) is 35.7 Å². The van der Waals surface area contributed by atoms with Gasteiger partial charge in [-0.2, -0.15) is 0 Å². The van der Waals surface area contributed by atoms with Gasteiger partial charge < -0.3 is 10.6 Å². The van der Waals surface area contributed by atoms with Crippen LogP contribution < -0.4 is 10.6 Å². The van der Waals surface area contributed by atoms with E-state index in [0.29, 0.717) is 11.3 Å². The number of hydrogen-bond donors (Lipinski definition) is 2. The van der Waals surface area contributed by atoms with Crippen LogP contribution in [0.25, 0.3) is 0 Å². The number of carbonyl (C=O) groups is 1. The Kier molecular flexibility index (Phi) is 4.46. The zero-order valence-corrected chi connectivity index (χ0v) is 12.6. The summed E-state index contributed by atoms with van der Waals surface area (Å²) in [5.41, 5.74) is 1.30. The smallest absolute Gasteiger partial charge is 0.255 e. The van der Waals surface area contributed by atoms with Crippen LogP contribution in [-0.2, 0) is 6.54 Å². The van der Waals surface area contributed by atoms with Crippen LogP contribution in [0, 0.1) is 0 Å². The predicted octanol–water partition coefficient (Wildman–Crippen LogP) is 4.01. The molecule has 0 unspecified atom stereocenters. The standard InChI is InChI=1S/C17H15N3OS/c21-17(13-5-2-1-3-6-13)20-14-8-9-16(18-11-14)19-12-15-7-4-10-22-15/h1-11H,12H2,(H,18,19)(H,20,21). The zero-order chi connectivity index (χ0) is 15.2. The number of amides is 1. The summed E-state index contributed by atoms with van der Waals surface area (Å²) in [6, 6.07) is 16.9. The highest BCUT2D eigenvalue weighted by Gasteiger charge is 2.05. The summed E-state index contributed by atoms with van der Waals surface area (Å²) in [6.45, 7) is 0.750. The van der Waals surface area contributed by atoms with Gasteiger partial charge in [0.15, 0.2) is 0 Å². The topological polar surface area (TPSA) is 54.0 Å². The first-order valence-electron chi connectivity index (χ1n) is 6.90. The molecule has 0 aliphatic rings. The van der Waals surface area contributed by atoms with Gasteiger partial charge in [0.2, 0.25) is 0 Å². The molecular formula is C17H15N3OS. The first-order valence-corrected chi connectivity index (χ1v) is 7.78. The number of aromatic nitrogens is 1. The normalized spacial score (nSPS) is 10.2. The second kappa shape index (κ2) is 6.87. The summed E-state index contributed by atoms with van der Waals surface area (Å²) in [5, 5.41) is 8.12. The molecule has 4 nitrogen and oxygen atoms in total. The molecule has 1 amide bonds. The van der Waals surface area contributed by atoms with Crippen molar-refractivity contribution in [2.45, 2.75) is 6.54 Å². The first kappa shape index (κ1) is 14.3. The van der Waals surface area contributed by atoms with E-state index in [2.05, 4.69) is 21.7 Å². The molecule has 0 bridgehead atoms. The molecule has 0 saturated heterocycles. The SMILES string of the molecule is O=C(Nc1ccc(NCc2cccs2)nc1)c1ccccc1. The van der Waals surface area contributed by atoms with Gasteiger partial charge in [0, 0.05) is 10.4 Å². The maximum atomic E-state index is 12.0. The molecule has 3 aromatic rings. The number of rotatable bonds is 5. The Labute approximate surface area is 132 Å². The van der Waals surface area contributed by atoms with Crippen LogP contribution in [-0.4, -0.2) is 10.9 Å². The number of carbonyl (C=O) groups excluding carboxylic acids is 1. The molecule has 0 saturated carbocycles. The third-order valence-corrected chi connectivity index (χ3v) is 3.96. The van der Waals surface area contributed by atoms with Gasteiger partial charge in [0.25, 0.3) is 5.91 Å². The average Bonchev–Trinajstić information content (AvgIpc) is 3.08. The first-order chi connectivity index (χ1) is 10.8. The lowest BCUT2D eigenvalue weighted by Crippen LogP contribution is -2.12. The fraction of sp³-hybridized carbons (Fsp3) is 0.0588. The molecule has 1 aromatic carbocycles. The van der Waals surface area contributed by atoms with E-state index in [0.717, 1.165) is 12.4 Å². The van der Waals surface area contributed by atoms with Crippen molar-refractivity contribution in [1.29, 1.82) is 0 Å². The second-order valence-corrected chi connectivity index (χ2v) is 5.72. The maximum Gasteiger partial charge on any atom is 0.255 e. The van der Waals surface area contributed by atoms with Crippen LogP contribution in [0.4, 0.5) is 11.5 Å².